The SMILES string of the molecule is C.CCC(CO)CC(=O)c1noc2c1CN(c1ncnc3[nH]ccc13)CC2.CCC(N)C(=O)O.CCC(N)CO.O=C(O)c1noc2c1CN(c1ncnc3[nH]ccc13)CC2. The van der Waals surface area contributed by atoms with E-state index in [1.807, 2.05) is 37.1 Å². The standard InChI is InChI=1S/C18H21N5O3.C13H11N5O3.C4H9NO2.C4H11NO.CH4/c1-2-11(9-24)7-14(25)16-13-8-23(6-4-15(13)26-22-16)18-12-3-5-19-17(12)20-10-21-18;19-13(20)10-8-5-18(4-2-9(8)21-17-10)12-7-1-3-14-11(7)15-6-16-12;1-2-3(5)4(6)7;1-2-4(5)3-6;/h3,5,10-11,24H,2,4,6-9H2,1H3,(H,19,20,21);1,3,6H,2,4-5H2,(H,19,20)(H,14,15,16);3H,2,5H2,1H3,(H,6,7);4,6H,2-3,5H2,1H3;1H4. The van der Waals surface area contributed by atoms with Crippen LogP contribution in [0.4, 0.5) is 11.6 Å². The van der Waals surface area contributed by atoms with Gasteiger partial charge in [-0.3, -0.25) is 9.59 Å². The zero-order valence-corrected chi connectivity index (χ0v) is 33.7. The summed E-state index contributed by atoms with van der Waals surface area (Å²) in [6.07, 6.45) is 10.3. The van der Waals surface area contributed by atoms with Crippen LogP contribution in [0.25, 0.3) is 22.1 Å². The fourth-order valence-corrected chi connectivity index (χ4v) is 6.39. The number of hydrogen-bond donors (Lipinski definition) is 8. The average molecular weight is 849 g/mol. The number of aromatic nitrogens is 8. The quantitative estimate of drug-likeness (QED) is 0.0817. The Hall–Kier alpha value is -6.29. The molecule has 2 aliphatic heterocycles. The number of nitrogens with zero attached hydrogens (tertiary/aromatic N) is 8. The maximum absolute atomic E-state index is 12.6. The normalized spacial score (nSPS) is 14.4. The monoisotopic (exact) mass is 848 g/mol. The summed E-state index contributed by atoms with van der Waals surface area (Å²) in [5, 5.41) is 44.3. The molecule has 0 aliphatic carbocycles. The molecule has 0 saturated carbocycles. The molecule has 6 aromatic rings. The van der Waals surface area contributed by atoms with Crippen LogP contribution < -0.4 is 21.3 Å². The molecule has 2 aliphatic rings. The number of aromatic carboxylic acids is 1. The van der Waals surface area contributed by atoms with Gasteiger partial charge in [0.15, 0.2) is 17.2 Å². The molecule has 21 nitrogen and oxygen atoms in total. The molecule has 61 heavy (non-hydrogen) atoms. The van der Waals surface area contributed by atoms with Crippen molar-refractivity contribution in [2.75, 3.05) is 36.1 Å². The lowest BCUT2D eigenvalue weighted by molar-refractivity contribution is -0.138. The molecule has 330 valence electrons. The summed E-state index contributed by atoms with van der Waals surface area (Å²) in [4.78, 5) is 61.0. The van der Waals surface area contributed by atoms with Crippen molar-refractivity contribution >= 4 is 51.4 Å². The zero-order valence-electron chi connectivity index (χ0n) is 33.7. The minimum atomic E-state index is -1.07. The number of carbonyl (C=O) groups excluding carboxylic acids is 1. The van der Waals surface area contributed by atoms with Crippen molar-refractivity contribution < 1.29 is 43.9 Å². The molecule has 8 rings (SSSR count). The third-order valence-electron chi connectivity index (χ3n) is 10.2. The van der Waals surface area contributed by atoms with Crippen molar-refractivity contribution in [1.29, 1.82) is 0 Å². The number of hydrogen-bond acceptors (Lipinski definition) is 17. The third-order valence-corrected chi connectivity index (χ3v) is 10.2. The highest BCUT2D eigenvalue weighted by Gasteiger charge is 2.31. The predicted molar refractivity (Wildman–Crippen MR) is 225 cm³/mol. The number of ketones is 1. The average Bonchev–Trinajstić information content (AvgIpc) is 4.11. The van der Waals surface area contributed by atoms with Crippen LogP contribution in [0.5, 0.6) is 0 Å². The van der Waals surface area contributed by atoms with Crippen molar-refractivity contribution in [1.82, 2.24) is 40.2 Å². The van der Waals surface area contributed by atoms with Gasteiger partial charge in [0, 0.05) is 68.5 Å². The van der Waals surface area contributed by atoms with Crippen LogP contribution in [0.2, 0.25) is 0 Å². The summed E-state index contributed by atoms with van der Waals surface area (Å²) in [6.45, 7) is 8.12. The van der Waals surface area contributed by atoms with Crippen LogP contribution in [0.1, 0.15) is 97.5 Å². The molecule has 3 unspecified atom stereocenters. The lowest BCUT2D eigenvalue weighted by Gasteiger charge is -2.27. The third kappa shape index (κ3) is 11.5. The summed E-state index contributed by atoms with van der Waals surface area (Å²) < 4.78 is 10.5. The number of nitrogens with two attached hydrogens (primary N) is 2. The second kappa shape index (κ2) is 22.4. The first-order valence-electron chi connectivity index (χ1n) is 19.7. The molecular weight excluding hydrogens is 793 g/mol. The van der Waals surface area contributed by atoms with Crippen LogP contribution in [0.3, 0.4) is 0 Å². The topological polar surface area (TPSA) is 326 Å². The first kappa shape index (κ1) is 47.4. The highest BCUT2D eigenvalue weighted by atomic mass is 16.5. The number of carbonyl (C=O) groups is 3. The Morgan fingerprint density at radius 1 is 0.754 bits per heavy atom. The van der Waals surface area contributed by atoms with Gasteiger partial charge < -0.3 is 60.7 Å². The van der Waals surface area contributed by atoms with Crippen molar-refractivity contribution in [3.63, 3.8) is 0 Å². The van der Waals surface area contributed by atoms with E-state index in [-0.39, 0.29) is 50.5 Å². The number of rotatable bonds is 12. The van der Waals surface area contributed by atoms with Gasteiger partial charge in [-0.15, -0.1) is 0 Å². The van der Waals surface area contributed by atoms with Gasteiger partial charge in [-0.25, -0.2) is 24.7 Å². The second-order valence-corrected chi connectivity index (χ2v) is 14.2. The molecule has 6 aromatic heterocycles. The second-order valence-electron chi connectivity index (χ2n) is 14.2. The van der Waals surface area contributed by atoms with E-state index in [9.17, 15) is 19.5 Å². The van der Waals surface area contributed by atoms with Gasteiger partial charge in [0.2, 0.25) is 0 Å². The Morgan fingerprint density at radius 3 is 1.66 bits per heavy atom. The maximum atomic E-state index is 12.6. The summed E-state index contributed by atoms with van der Waals surface area (Å²) in [5.74, 6) is 0.902. The van der Waals surface area contributed by atoms with Crippen molar-refractivity contribution in [3.8, 4) is 0 Å². The Bertz CT molecular complexity index is 2330. The summed E-state index contributed by atoms with van der Waals surface area (Å²) in [5.41, 5.74) is 13.6. The first-order valence-corrected chi connectivity index (χ1v) is 19.7. The van der Waals surface area contributed by atoms with Gasteiger partial charge in [-0.2, -0.15) is 0 Å². The van der Waals surface area contributed by atoms with Crippen molar-refractivity contribution in [2.45, 2.75) is 91.9 Å². The number of carboxylic acids is 2. The van der Waals surface area contributed by atoms with E-state index < -0.39 is 18.0 Å². The Balaban J connectivity index is 0.000000209. The number of aromatic amines is 2. The van der Waals surface area contributed by atoms with E-state index in [0.29, 0.717) is 55.9 Å². The molecule has 0 bridgehead atoms. The van der Waals surface area contributed by atoms with E-state index in [1.54, 1.807) is 13.1 Å². The van der Waals surface area contributed by atoms with Gasteiger partial charge >= 0.3 is 11.9 Å². The lowest BCUT2D eigenvalue weighted by Crippen LogP contribution is -2.31. The largest absolute Gasteiger partial charge is 0.480 e. The maximum Gasteiger partial charge on any atom is 0.358 e. The summed E-state index contributed by atoms with van der Waals surface area (Å²) in [6, 6.07) is 3.17. The summed E-state index contributed by atoms with van der Waals surface area (Å²) in [7, 11) is 0. The number of aliphatic hydroxyl groups is 2. The van der Waals surface area contributed by atoms with Crippen LogP contribution in [-0.2, 0) is 30.7 Å². The van der Waals surface area contributed by atoms with Crippen LogP contribution in [0.15, 0.2) is 46.2 Å². The van der Waals surface area contributed by atoms with E-state index in [2.05, 4.69) is 45.1 Å². The molecule has 21 heteroatoms. The molecule has 0 fully saturated rings. The zero-order chi connectivity index (χ0) is 43.3. The Kier molecular flexibility index (Phi) is 17.4. The molecule has 8 heterocycles. The molecule has 0 saturated heterocycles. The highest BCUT2D eigenvalue weighted by molar-refractivity contribution is 5.96. The number of fused-ring (bicyclic) bond motifs is 4. The first-order chi connectivity index (χ1) is 28.9. The number of Topliss-reactive ketones (excluding diaryl/α,β-unsaturated/α-hetero) is 1. The molecule has 0 spiro atoms. The van der Waals surface area contributed by atoms with Gasteiger partial charge in [0.05, 0.1) is 30.5 Å². The molecule has 0 radical (unpaired) electrons. The predicted octanol–water partition coefficient (Wildman–Crippen LogP) is 3.47. The van der Waals surface area contributed by atoms with Crippen LogP contribution in [0, 0.1) is 5.92 Å². The molecular formula is C40H56N12O9. The number of carboxylic acid groups (broad SMARTS) is 2. The molecule has 0 amide bonds. The molecule has 3 atom stereocenters. The van der Waals surface area contributed by atoms with Crippen molar-refractivity contribution in [2.24, 2.45) is 17.4 Å². The highest BCUT2D eigenvalue weighted by Crippen LogP contribution is 2.31. The minimum Gasteiger partial charge on any atom is -0.480 e. The molecule has 10 N–H and O–H groups in total. The summed E-state index contributed by atoms with van der Waals surface area (Å²) >= 11 is 0. The minimum absolute atomic E-state index is 0. The van der Waals surface area contributed by atoms with E-state index in [0.717, 1.165) is 64.4 Å². The van der Waals surface area contributed by atoms with Gasteiger partial charge in [-0.05, 0) is 30.9 Å². The lowest BCUT2D eigenvalue weighted by atomic mass is 9.96. The smallest absolute Gasteiger partial charge is 0.358 e. The Morgan fingerprint density at radius 2 is 1.26 bits per heavy atom. The van der Waals surface area contributed by atoms with Crippen molar-refractivity contribution in [3.05, 3.63) is 71.2 Å². The fraction of sp³-hybridized carbons (Fsp3) is 0.475. The van der Waals surface area contributed by atoms with E-state index >= 15 is 0 Å². The number of nitrogens with one attached hydrogen (secondary N) is 2. The van der Waals surface area contributed by atoms with Gasteiger partial charge in [0.1, 0.15) is 53.1 Å². The molecule has 0 aromatic carbocycles. The fourth-order valence-electron chi connectivity index (χ4n) is 6.39. The van der Waals surface area contributed by atoms with Gasteiger partial charge in [-0.1, -0.05) is 44.9 Å². The van der Waals surface area contributed by atoms with Crippen LogP contribution >= 0.6 is 0 Å². The van der Waals surface area contributed by atoms with Crippen LogP contribution in [-0.4, -0.2) is 117 Å². The number of H-pyrrole nitrogens is 2. The van der Waals surface area contributed by atoms with E-state index in [4.69, 9.17) is 35.8 Å². The Labute approximate surface area is 351 Å². The van der Waals surface area contributed by atoms with Gasteiger partial charge in [0.25, 0.3) is 0 Å². The number of aliphatic hydroxyl groups excluding tert-OH is 2. The number of aliphatic carboxylic acids is 1. The van der Waals surface area contributed by atoms with E-state index in [1.165, 1.54) is 12.7 Å². The number of anilines is 2.